The quantitative estimate of drug-likeness (QED) is 0.310. The maximum atomic E-state index is 3.30. The number of fused-ring (bicyclic) bond motifs is 3. The molecule has 0 aliphatic heterocycles. The Hall–Kier alpha value is -0.400. The number of rotatable bonds is 0. The summed E-state index contributed by atoms with van der Waals surface area (Å²) < 4.78 is 0. The molecule has 136 valence electrons. The number of hydrogen-bond donors (Lipinski definition) is 0. The zero-order valence-electron chi connectivity index (χ0n) is 15.7. The van der Waals surface area contributed by atoms with Gasteiger partial charge in [-0.2, -0.15) is 35.9 Å². The summed E-state index contributed by atoms with van der Waals surface area (Å²) in [5.74, 6) is 0.556. The smallest absolute Gasteiger partial charge is 0.0253 e. The average molecular weight is 479 g/mol. The van der Waals surface area contributed by atoms with Crippen LogP contribution in [0.5, 0.6) is 0 Å². The number of benzene rings is 2. The van der Waals surface area contributed by atoms with E-state index >= 15 is 0 Å². The molecule has 0 N–H and O–H groups in total. The molecule has 2 aliphatic rings. The SMILES string of the molecule is CC1=[C-]C(C)C=C1.C[Si](C)=[Zr+2].[Cl-].[Cl-].[c-]1cccc2c1Cc1ccccc1-2. The average Bonchev–Trinajstić information content (AvgIpc) is 3.10. The molecule has 0 saturated heterocycles. The van der Waals surface area contributed by atoms with Gasteiger partial charge in [-0.1, -0.05) is 55.2 Å². The van der Waals surface area contributed by atoms with Crippen molar-refractivity contribution in [2.45, 2.75) is 33.4 Å². The molecule has 0 saturated carbocycles. The fourth-order valence-electron chi connectivity index (χ4n) is 2.74. The van der Waals surface area contributed by atoms with Gasteiger partial charge in [0.15, 0.2) is 0 Å². The molecule has 1 atom stereocenters. The molecule has 0 heterocycles. The predicted molar refractivity (Wildman–Crippen MR) is 102 cm³/mol. The fraction of sp³-hybridized carbons (Fsp3) is 0.273. The van der Waals surface area contributed by atoms with Crippen LogP contribution in [0.15, 0.2) is 60.2 Å². The Morgan fingerprint density at radius 1 is 1.04 bits per heavy atom. The summed E-state index contributed by atoms with van der Waals surface area (Å²) in [5.41, 5.74) is 6.99. The molecule has 0 spiro atoms. The van der Waals surface area contributed by atoms with Crippen molar-refractivity contribution in [3.05, 3.63) is 83.5 Å². The van der Waals surface area contributed by atoms with Crippen LogP contribution in [0.4, 0.5) is 0 Å². The van der Waals surface area contributed by atoms with Crippen molar-refractivity contribution >= 4 is 5.43 Å². The van der Waals surface area contributed by atoms with E-state index in [1.165, 1.54) is 27.8 Å². The first-order chi connectivity index (χ1) is 11.5. The summed E-state index contributed by atoms with van der Waals surface area (Å²) in [7, 11) is 0. The van der Waals surface area contributed by atoms with Crippen LogP contribution in [0.1, 0.15) is 25.0 Å². The van der Waals surface area contributed by atoms with E-state index in [-0.39, 0.29) is 30.2 Å². The van der Waals surface area contributed by atoms with Gasteiger partial charge in [0.05, 0.1) is 0 Å². The van der Waals surface area contributed by atoms with Crippen molar-refractivity contribution in [2.75, 3.05) is 0 Å². The molecule has 1 unspecified atom stereocenters. The molecule has 0 radical (unpaired) electrons. The molecular formula is C22H24Cl2SiZr-2. The Morgan fingerprint density at radius 3 is 2.19 bits per heavy atom. The van der Waals surface area contributed by atoms with Crippen LogP contribution in [0.2, 0.25) is 13.1 Å². The zero-order valence-corrected chi connectivity index (χ0v) is 20.7. The van der Waals surface area contributed by atoms with Crippen molar-refractivity contribution in [1.29, 1.82) is 0 Å². The van der Waals surface area contributed by atoms with Gasteiger partial charge in [-0.15, -0.1) is 5.56 Å². The van der Waals surface area contributed by atoms with E-state index < -0.39 is 0 Å². The molecule has 0 bridgehead atoms. The third-order valence-corrected chi connectivity index (χ3v) is 3.71. The summed E-state index contributed by atoms with van der Waals surface area (Å²) in [6, 6.07) is 18.1. The van der Waals surface area contributed by atoms with Gasteiger partial charge in [-0.3, -0.25) is 6.08 Å². The van der Waals surface area contributed by atoms with Gasteiger partial charge in [-0.25, -0.2) is 11.6 Å². The van der Waals surface area contributed by atoms with Crippen molar-refractivity contribution in [1.82, 2.24) is 0 Å². The van der Waals surface area contributed by atoms with E-state index in [0.29, 0.717) is 5.92 Å². The molecule has 2 aromatic rings. The second-order valence-corrected chi connectivity index (χ2v) is 15.7. The third-order valence-electron chi connectivity index (χ3n) is 3.71. The maximum absolute atomic E-state index is 3.30. The second-order valence-electron chi connectivity index (χ2n) is 6.37. The number of halogens is 2. The molecule has 2 aromatic carbocycles. The summed E-state index contributed by atoms with van der Waals surface area (Å²) in [6.45, 7) is 8.82. The van der Waals surface area contributed by atoms with E-state index in [1.54, 1.807) is 23.3 Å². The standard InChI is InChI=1S/C13H9.C7H9.C2H6Si.2ClH.Zr/c1-3-7-12-10(5-1)9-11-6-2-4-8-13(11)12;1-6-3-4-7(2)5-6;1-3-2;;;/h1-5,7-8H,9H2;3-4,6H,1-2H3;1-2H3;2*1H;/q2*-1;;;;+2/p-2. The largest absolute Gasteiger partial charge is 1.00 e. The Labute approximate surface area is 186 Å². The topological polar surface area (TPSA) is 0 Å². The second kappa shape index (κ2) is 12.9. The molecule has 2 aliphatic carbocycles. The van der Waals surface area contributed by atoms with Gasteiger partial charge in [0.25, 0.3) is 0 Å². The first kappa shape index (κ1) is 25.6. The van der Waals surface area contributed by atoms with Crippen LogP contribution in [0, 0.1) is 18.1 Å². The van der Waals surface area contributed by atoms with E-state index in [9.17, 15) is 0 Å². The first-order valence-corrected chi connectivity index (χ1v) is 14.5. The van der Waals surface area contributed by atoms with Crippen LogP contribution in [0.3, 0.4) is 0 Å². The van der Waals surface area contributed by atoms with Crippen LogP contribution in [-0.4, -0.2) is 5.43 Å². The Bertz CT molecular complexity index is 734. The van der Waals surface area contributed by atoms with Crippen molar-refractivity contribution in [3.8, 4) is 11.1 Å². The molecule has 4 rings (SSSR count). The summed E-state index contributed by atoms with van der Waals surface area (Å²) >= 11 is 1.74. The predicted octanol–water partition coefficient (Wildman–Crippen LogP) is -0.208. The van der Waals surface area contributed by atoms with Gasteiger partial charge in [-0.05, 0) is 6.42 Å². The summed E-state index contributed by atoms with van der Waals surface area (Å²) in [4.78, 5) is 0. The monoisotopic (exact) mass is 476 g/mol. The minimum absolute atomic E-state index is 0. The molecule has 0 fully saturated rings. The van der Waals surface area contributed by atoms with Crippen molar-refractivity contribution in [2.24, 2.45) is 5.92 Å². The normalized spacial score (nSPS) is 14.8. The Morgan fingerprint density at radius 2 is 1.65 bits per heavy atom. The minimum Gasteiger partial charge on any atom is -1.00 e. The van der Waals surface area contributed by atoms with E-state index in [2.05, 4.69) is 87.6 Å². The van der Waals surface area contributed by atoms with Gasteiger partial charge in [0.2, 0.25) is 0 Å². The zero-order chi connectivity index (χ0) is 17.5. The van der Waals surface area contributed by atoms with E-state index in [1.807, 2.05) is 6.07 Å². The Balaban J connectivity index is 0.000000415. The van der Waals surface area contributed by atoms with Gasteiger partial charge < -0.3 is 24.8 Å². The van der Waals surface area contributed by atoms with Crippen LogP contribution >= 0.6 is 0 Å². The van der Waals surface area contributed by atoms with E-state index in [4.69, 9.17) is 0 Å². The van der Waals surface area contributed by atoms with Gasteiger partial charge in [0, 0.05) is 0 Å². The molecule has 26 heavy (non-hydrogen) atoms. The fourth-order valence-corrected chi connectivity index (χ4v) is 2.74. The van der Waals surface area contributed by atoms with Gasteiger partial charge in [0.1, 0.15) is 0 Å². The van der Waals surface area contributed by atoms with Gasteiger partial charge >= 0.3 is 41.9 Å². The van der Waals surface area contributed by atoms with Crippen LogP contribution < -0.4 is 24.8 Å². The van der Waals surface area contributed by atoms with Crippen molar-refractivity contribution < 1.29 is 48.1 Å². The summed E-state index contributed by atoms with van der Waals surface area (Å²) in [6.07, 6.45) is 8.52. The summed E-state index contributed by atoms with van der Waals surface area (Å²) in [5, 5.41) is 0. The number of allylic oxidation sites excluding steroid dienone is 4. The molecule has 0 aromatic heterocycles. The first-order valence-electron chi connectivity index (χ1n) is 8.35. The molecule has 0 nitrogen and oxygen atoms in total. The van der Waals surface area contributed by atoms with Crippen LogP contribution in [-0.2, 0) is 29.8 Å². The third kappa shape index (κ3) is 8.09. The van der Waals surface area contributed by atoms with Crippen LogP contribution in [0.25, 0.3) is 11.1 Å². The number of hydrogen-bond acceptors (Lipinski definition) is 0. The molecule has 0 amide bonds. The molecule has 4 heteroatoms. The maximum Gasteiger partial charge on any atom is -0.0253 e. The Kier molecular flexibility index (Phi) is 12.7. The molecular weight excluding hydrogens is 454 g/mol. The van der Waals surface area contributed by atoms with Crippen molar-refractivity contribution in [3.63, 3.8) is 0 Å². The minimum atomic E-state index is 0. The van der Waals surface area contributed by atoms with E-state index in [0.717, 1.165) is 6.42 Å².